The van der Waals surface area contributed by atoms with E-state index in [1.165, 1.54) is 33.8 Å². The van der Waals surface area contributed by atoms with Gasteiger partial charge in [-0.1, -0.05) is 119 Å². The van der Waals surface area contributed by atoms with E-state index in [4.69, 9.17) is 63.2 Å². The van der Waals surface area contributed by atoms with Gasteiger partial charge < -0.3 is 39.1 Å². The van der Waals surface area contributed by atoms with Crippen LogP contribution in [0.25, 0.3) is 0 Å². The highest BCUT2D eigenvalue weighted by Gasteiger charge is 2.50. The van der Waals surface area contributed by atoms with E-state index >= 15 is 0 Å². The monoisotopic (exact) mass is 1100 g/mol. The number of tetrazole rings is 1. The quantitative estimate of drug-likeness (QED) is 0.0301. The van der Waals surface area contributed by atoms with Crippen molar-refractivity contribution < 1.29 is 62.0 Å². The number of thioether (sulfide) groups is 2. The van der Waals surface area contributed by atoms with Crippen LogP contribution >= 0.6 is 58.3 Å². The maximum absolute atomic E-state index is 14.7. The van der Waals surface area contributed by atoms with Crippen LogP contribution in [-0.2, 0) is 54.6 Å². The number of rotatable bonds is 17. The van der Waals surface area contributed by atoms with Crippen LogP contribution in [0.15, 0.2) is 101 Å². The molecule has 4 atom stereocenters. The second kappa shape index (κ2) is 24.2. The minimum Gasteiger partial charge on any atom is -0.458 e. The Morgan fingerprint density at radius 3 is 1.97 bits per heavy atom. The Hall–Kier alpha value is -6.27. The Labute approximate surface area is 442 Å². The lowest BCUT2D eigenvalue weighted by atomic mass is 10.0. The Morgan fingerprint density at radius 2 is 1.42 bits per heavy atom. The molecule has 4 amide bonds. The maximum atomic E-state index is 14.7. The van der Waals surface area contributed by atoms with Gasteiger partial charge in [0.25, 0.3) is 5.91 Å². The summed E-state index contributed by atoms with van der Waals surface area (Å²) in [5.74, 6) is -3.07. The Morgan fingerprint density at radius 1 is 0.808 bits per heavy atom. The fourth-order valence-corrected chi connectivity index (χ4v) is 9.42. The van der Waals surface area contributed by atoms with Crippen LogP contribution < -0.4 is 16.0 Å². The number of fused-ring (bicyclic) bond motifs is 1. The first-order valence-electron chi connectivity index (χ1n) is 22.2. The van der Waals surface area contributed by atoms with E-state index in [1.54, 1.807) is 97.1 Å². The number of carbonyl (C=O) groups is 7. The number of alkyl halides is 3. The number of hydrogen-bond acceptors (Lipinski definition) is 18. The number of benzene rings is 3. The molecule has 26 heteroatoms. The molecule has 3 heterocycles. The van der Waals surface area contributed by atoms with Gasteiger partial charge in [-0.05, 0) is 75.2 Å². The number of hydrogen-bond donors (Lipinski definition) is 3. The zero-order chi connectivity index (χ0) is 53.3. The molecule has 2 aliphatic heterocycles. The van der Waals surface area contributed by atoms with Crippen molar-refractivity contribution in [2.75, 3.05) is 24.3 Å². The van der Waals surface area contributed by atoms with Gasteiger partial charge in [0.05, 0.1) is 11.8 Å². The van der Waals surface area contributed by atoms with Crippen LogP contribution in [0.2, 0.25) is 0 Å². The first kappa shape index (κ1) is 56.0. The highest BCUT2D eigenvalue weighted by molar-refractivity contribution is 8.01. The average molecular weight is 1110 g/mol. The third-order valence-electron chi connectivity index (χ3n) is 9.92. The second-order valence-corrected chi connectivity index (χ2v) is 22.8. The van der Waals surface area contributed by atoms with Gasteiger partial charge in [-0.25, -0.2) is 28.7 Å². The van der Waals surface area contributed by atoms with E-state index < -0.39 is 93.4 Å². The fourth-order valence-electron chi connectivity index (χ4n) is 6.80. The summed E-state index contributed by atoms with van der Waals surface area (Å²) in [6, 6.07) is 22.0. The van der Waals surface area contributed by atoms with Gasteiger partial charge in [0.15, 0.2) is 12.1 Å². The van der Waals surface area contributed by atoms with E-state index in [0.29, 0.717) is 16.3 Å². The smallest absolute Gasteiger partial charge is 0.458 e. The number of nitrogens with zero attached hydrogens (tertiary/aromatic N) is 5. The molecule has 73 heavy (non-hydrogen) atoms. The maximum Gasteiger partial charge on any atom is 0.509 e. The molecule has 3 aromatic carbocycles. The number of halogens is 3. The molecule has 2 aliphatic rings. The van der Waals surface area contributed by atoms with Crippen molar-refractivity contribution in [3.05, 3.63) is 113 Å². The van der Waals surface area contributed by atoms with Crippen LogP contribution in [0.3, 0.4) is 0 Å². The van der Waals surface area contributed by atoms with Gasteiger partial charge in [-0.3, -0.25) is 19.8 Å². The number of alkyl carbamates (subject to hydrolysis) is 1. The summed E-state index contributed by atoms with van der Waals surface area (Å²) in [7, 11) is 1.61. The molecule has 6 rings (SSSR count). The van der Waals surface area contributed by atoms with Crippen molar-refractivity contribution in [1.29, 1.82) is 0 Å². The summed E-state index contributed by atoms with van der Waals surface area (Å²) in [5.41, 5.74) is -0.229. The summed E-state index contributed by atoms with van der Waals surface area (Å²) in [6.45, 7) is 8.35. The molecule has 1 aromatic heterocycles. The molecular weight excluding hydrogens is 1060 g/mol. The molecule has 2 unspecified atom stereocenters. The molecule has 0 radical (unpaired) electrons. The van der Waals surface area contributed by atoms with Gasteiger partial charge >= 0.3 is 30.3 Å². The minimum atomic E-state index is -2.04. The lowest BCUT2D eigenvalue weighted by molar-refractivity contribution is -0.158. The standard InChI is InChI=1S/C47H51Cl3N8O13S2/c1-45(2,3)70-39(61)31(52-43(64)71-46(4,5)6)23-66-42(63)51-29-20-18-28(19-21-29)36(69-44(65)67-25-47(48,49)50)37(60)53-38-30(24-72-41-54-55-56-57(41)7)34(58-32(59)22-33(58)73-38)40(62)68-35(26-14-10-8-11-15-26)27-16-12-9-13-17-27/h8-21,31,33,35-36,38H,22-25H2,1-7H3,(H,51,63)(H,52,64)(H,53,60)/t31-,33+,36?,38?/m1/s1. The molecule has 0 saturated carbocycles. The predicted octanol–water partition coefficient (Wildman–Crippen LogP) is 7.68. The minimum absolute atomic E-state index is 0.0182. The largest absolute Gasteiger partial charge is 0.509 e. The van der Waals surface area contributed by atoms with Crippen molar-refractivity contribution in [2.45, 2.75) is 97.1 Å². The number of aromatic nitrogens is 4. The lowest BCUT2D eigenvalue weighted by Gasteiger charge is -2.47. The highest BCUT2D eigenvalue weighted by Crippen LogP contribution is 2.46. The summed E-state index contributed by atoms with van der Waals surface area (Å²) in [4.78, 5) is 95.7. The van der Waals surface area contributed by atoms with Crippen LogP contribution in [0, 0.1) is 0 Å². The van der Waals surface area contributed by atoms with Crippen molar-refractivity contribution >= 4 is 106 Å². The third kappa shape index (κ3) is 16.4. The zero-order valence-corrected chi connectivity index (χ0v) is 44.2. The molecule has 4 aromatic rings. The number of carbonyl (C=O) groups excluding carboxylic acids is 7. The molecule has 390 valence electrons. The normalized spacial score (nSPS) is 16.5. The lowest BCUT2D eigenvalue weighted by Crippen LogP contribution is -2.58. The topological polar surface area (TPSA) is 258 Å². The number of aryl methyl sites for hydroxylation is 1. The van der Waals surface area contributed by atoms with Gasteiger partial charge in [0.1, 0.15) is 35.5 Å². The molecule has 1 fully saturated rings. The predicted molar refractivity (Wildman–Crippen MR) is 268 cm³/mol. The molecule has 3 N–H and O–H groups in total. The molecule has 0 bridgehead atoms. The summed E-state index contributed by atoms with van der Waals surface area (Å²) < 4.78 is 32.1. The highest BCUT2D eigenvalue weighted by atomic mass is 35.6. The number of esters is 2. The van der Waals surface area contributed by atoms with E-state index in [-0.39, 0.29) is 40.6 Å². The van der Waals surface area contributed by atoms with Crippen LogP contribution in [0.5, 0.6) is 0 Å². The van der Waals surface area contributed by atoms with Crippen molar-refractivity contribution in [1.82, 2.24) is 35.7 Å². The number of ether oxygens (including phenoxy) is 6. The van der Waals surface area contributed by atoms with Crippen LogP contribution in [0.4, 0.5) is 20.1 Å². The number of β-lactam (4-membered cyclic amide) rings is 1. The fraction of sp³-hybridized carbons (Fsp3) is 0.404. The molecule has 0 spiro atoms. The Bertz CT molecular complexity index is 2640. The van der Waals surface area contributed by atoms with Crippen molar-refractivity contribution in [2.24, 2.45) is 7.05 Å². The Balaban J connectivity index is 1.27. The van der Waals surface area contributed by atoms with Crippen LogP contribution in [-0.4, -0.2) is 118 Å². The van der Waals surface area contributed by atoms with Crippen molar-refractivity contribution in [3.63, 3.8) is 0 Å². The van der Waals surface area contributed by atoms with Gasteiger partial charge in [0, 0.05) is 29.6 Å². The number of anilines is 1. The van der Waals surface area contributed by atoms with E-state index in [2.05, 4.69) is 31.5 Å². The second-order valence-electron chi connectivity index (χ2n) is 18.0. The summed E-state index contributed by atoms with van der Waals surface area (Å²) >= 11 is 19.7. The van der Waals surface area contributed by atoms with Gasteiger partial charge in [-0.15, -0.1) is 16.9 Å². The first-order valence-corrected chi connectivity index (χ1v) is 25.2. The molecule has 0 aliphatic carbocycles. The average Bonchev–Trinajstić information content (AvgIpc) is 3.73. The SMILES string of the molecule is Cn1nnnc1SCC1=C(C(=O)OC(c2ccccc2)c2ccccc2)N2C(=O)C[C@@H]2SC1NC(=O)C(OC(=O)OCC(Cl)(Cl)Cl)c1ccc(NC(=O)OC[C@@H](NC(=O)OC(C)(C)C)C(=O)OC(C)(C)C)cc1. The van der Waals surface area contributed by atoms with Crippen molar-refractivity contribution in [3.8, 4) is 0 Å². The molecule has 1 saturated heterocycles. The number of amides is 4. The van der Waals surface area contributed by atoms with E-state index in [1.807, 2.05) is 12.1 Å². The van der Waals surface area contributed by atoms with E-state index in [9.17, 15) is 33.6 Å². The molecule has 21 nitrogen and oxygen atoms in total. The summed E-state index contributed by atoms with van der Waals surface area (Å²) in [5, 5.41) is 18.0. The van der Waals surface area contributed by atoms with Gasteiger partial charge in [0.2, 0.25) is 21.0 Å². The number of nitrogens with one attached hydrogen (secondary N) is 3. The summed E-state index contributed by atoms with van der Waals surface area (Å²) in [6.07, 6.45) is -6.07. The Kier molecular flexibility index (Phi) is 18.6. The van der Waals surface area contributed by atoms with Crippen LogP contribution in [0.1, 0.15) is 76.9 Å². The third-order valence-corrected chi connectivity index (χ3v) is 12.7. The first-order chi connectivity index (χ1) is 34.3. The van der Waals surface area contributed by atoms with E-state index in [0.717, 1.165) is 23.5 Å². The van der Waals surface area contributed by atoms with Gasteiger partial charge in [-0.2, -0.15) is 0 Å². The zero-order valence-electron chi connectivity index (χ0n) is 40.3. The molecular formula is C47H51Cl3N8O13S2.